The normalized spacial score (nSPS) is 16.8. The third-order valence-corrected chi connectivity index (χ3v) is 5.68. The van der Waals surface area contributed by atoms with Gasteiger partial charge in [0.05, 0.1) is 0 Å². The third-order valence-electron chi connectivity index (χ3n) is 4.57. The number of carbonyl (C=O) groups excluding carboxylic acids is 1. The van der Waals surface area contributed by atoms with Crippen LogP contribution in [0.25, 0.3) is 0 Å². The molecule has 8 radical (unpaired) electrons. The van der Waals surface area contributed by atoms with E-state index in [9.17, 15) is 26.4 Å². The molecule has 0 saturated carbocycles. The van der Waals surface area contributed by atoms with E-state index in [1.165, 1.54) is 12.1 Å². The van der Waals surface area contributed by atoms with Crippen LogP contribution in [0.2, 0.25) is 0 Å². The molecule has 2 aromatic carbocycles. The number of Topliss-reactive ketones (excluding diaryl/α,β-unsaturated/α-hetero) is 1. The second kappa shape index (κ2) is 8.31. The lowest BCUT2D eigenvalue weighted by Crippen LogP contribution is -2.51. The van der Waals surface area contributed by atoms with E-state index >= 15 is 0 Å². The molecule has 1 heterocycles. The van der Waals surface area contributed by atoms with Crippen molar-refractivity contribution in [1.29, 1.82) is 0 Å². The largest absolute Gasteiger partial charge is 0.460 e. The van der Waals surface area contributed by atoms with Gasteiger partial charge in [-0.2, -0.15) is 21.6 Å². The number of hydrogen-bond acceptors (Lipinski definition) is 6. The Kier molecular flexibility index (Phi) is 6.21. The first-order valence-corrected chi connectivity index (χ1v) is 10.3. The van der Waals surface area contributed by atoms with Crippen molar-refractivity contribution in [3.63, 3.8) is 0 Å². The zero-order valence-electron chi connectivity index (χ0n) is 16.1. The van der Waals surface area contributed by atoms with Crippen LogP contribution in [0.4, 0.5) is 13.2 Å². The van der Waals surface area contributed by atoms with Gasteiger partial charge in [-0.15, -0.1) is 0 Å². The van der Waals surface area contributed by atoms with Crippen LogP contribution in [0.1, 0.15) is 22.8 Å². The van der Waals surface area contributed by atoms with Crippen LogP contribution in [-0.2, 0) is 35.8 Å². The van der Waals surface area contributed by atoms with E-state index in [0.717, 1.165) is 0 Å². The van der Waals surface area contributed by atoms with Gasteiger partial charge in [-0.1, -0.05) is 52.2 Å². The molecule has 1 aliphatic heterocycles. The summed E-state index contributed by atoms with van der Waals surface area (Å²) < 4.78 is 74.4. The predicted octanol–water partition coefficient (Wildman–Crippen LogP) is -1.80. The molecule has 0 aromatic heterocycles. The van der Waals surface area contributed by atoms with Gasteiger partial charge in [0.2, 0.25) is 17.4 Å². The lowest BCUT2D eigenvalue weighted by Gasteiger charge is -2.25. The van der Waals surface area contributed by atoms with Crippen molar-refractivity contribution in [1.82, 2.24) is 0 Å². The number of ether oxygens (including phenoxy) is 1. The van der Waals surface area contributed by atoms with E-state index in [2.05, 4.69) is 0 Å². The number of rotatable bonds is 5. The molecule has 0 bridgehead atoms. The van der Waals surface area contributed by atoms with E-state index in [0.29, 0.717) is 5.56 Å². The minimum Gasteiger partial charge on any atom is -0.460 e. The summed E-state index contributed by atoms with van der Waals surface area (Å²) in [6.45, 7) is 0. The highest BCUT2D eigenvalue weighted by atomic mass is 32.2. The Balaban J connectivity index is 1.95. The summed E-state index contributed by atoms with van der Waals surface area (Å²) in [5.41, 5.74) is 0.627. The molecule has 6 nitrogen and oxygen atoms in total. The average molecular weight is 453 g/mol. The summed E-state index contributed by atoms with van der Waals surface area (Å²) in [4.78, 5) is 12.8. The number of hydrogen-bond donors (Lipinski definition) is 1. The van der Waals surface area contributed by atoms with Crippen molar-refractivity contribution in [2.45, 2.75) is 18.0 Å². The summed E-state index contributed by atoms with van der Waals surface area (Å²) in [5, 5.41) is 0. The zero-order valence-corrected chi connectivity index (χ0v) is 17.0. The van der Waals surface area contributed by atoms with Gasteiger partial charge in [-0.05, 0) is 11.1 Å². The highest BCUT2D eigenvalue weighted by Gasteiger charge is 2.43. The fourth-order valence-corrected chi connectivity index (χ4v) is 4.20. The van der Waals surface area contributed by atoms with Crippen LogP contribution in [0.5, 0.6) is 0 Å². The topological polar surface area (TPSA) is 95.7 Å². The van der Waals surface area contributed by atoms with Gasteiger partial charge >= 0.3 is 16.3 Å². The molecule has 1 aliphatic rings. The molecule has 14 heteroatoms. The maximum absolute atomic E-state index is 13.3. The molecule has 1 atom stereocenters. The summed E-state index contributed by atoms with van der Waals surface area (Å²) in [6, 6.07) is 7.91. The number of carbonyl (C=O) groups is 1. The van der Waals surface area contributed by atoms with Crippen molar-refractivity contribution in [3.8, 4) is 0 Å². The molecule has 3 rings (SSSR count). The van der Waals surface area contributed by atoms with Gasteiger partial charge in [0, 0.05) is 5.56 Å². The van der Waals surface area contributed by atoms with E-state index in [4.69, 9.17) is 46.0 Å². The lowest BCUT2D eigenvalue weighted by molar-refractivity contribution is -0.135. The molecule has 1 unspecified atom stereocenters. The number of ketones is 1. The SMILES string of the molecule is [B]c1c([B])c(C(F)(F)F)c([B])c([B])c1C1OC(N)=C(OS(=O)(=O)Cc2ccccc2)C1=O. The van der Waals surface area contributed by atoms with Crippen LogP contribution in [0.3, 0.4) is 0 Å². The molecule has 32 heavy (non-hydrogen) atoms. The summed E-state index contributed by atoms with van der Waals surface area (Å²) >= 11 is 0. The van der Waals surface area contributed by atoms with Crippen LogP contribution >= 0.6 is 0 Å². The van der Waals surface area contributed by atoms with Gasteiger partial charge in [-0.25, -0.2) is 0 Å². The first-order valence-electron chi connectivity index (χ1n) is 8.74. The van der Waals surface area contributed by atoms with Crippen molar-refractivity contribution < 1.29 is 35.3 Å². The standard InChI is InChI=1S/C18H10B4F3NO5S/c19-10-8(11(20)13(22)9(12(10)21)18(23,24)25)15-14(27)16(17(26)30-15)31-32(28,29)6-7-4-2-1-3-5-7/h1-5,15H,6,26H2. The van der Waals surface area contributed by atoms with Crippen molar-refractivity contribution in [2.75, 3.05) is 0 Å². The molecule has 0 spiro atoms. The van der Waals surface area contributed by atoms with Gasteiger partial charge < -0.3 is 14.7 Å². The molecule has 156 valence electrons. The minimum atomic E-state index is -4.98. The van der Waals surface area contributed by atoms with Crippen LogP contribution in [0, 0.1) is 0 Å². The first kappa shape index (κ1) is 23.9. The second-order valence-electron chi connectivity index (χ2n) is 6.77. The van der Waals surface area contributed by atoms with E-state index in [1.807, 2.05) is 0 Å². The second-order valence-corrected chi connectivity index (χ2v) is 8.34. The fraction of sp³-hybridized carbons (Fsp3) is 0.167. The van der Waals surface area contributed by atoms with E-state index in [-0.39, 0.29) is 0 Å². The molecular formula is C18H10B4F3NO5S. The van der Waals surface area contributed by atoms with Gasteiger partial charge in [-0.3, -0.25) is 4.79 Å². The molecular weight excluding hydrogens is 443 g/mol. The van der Waals surface area contributed by atoms with Gasteiger partial charge in [0.25, 0.3) is 0 Å². The quantitative estimate of drug-likeness (QED) is 0.425. The molecule has 0 saturated heterocycles. The molecule has 0 fully saturated rings. The Morgan fingerprint density at radius 3 is 2.03 bits per heavy atom. The average Bonchev–Trinajstić information content (AvgIpc) is 2.94. The van der Waals surface area contributed by atoms with Gasteiger partial charge in [0.1, 0.15) is 37.1 Å². The minimum absolute atomic E-state index is 0.367. The zero-order chi connectivity index (χ0) is 24.0. The Bertz CT molecular complexity index is 1200. The lowest BCUT2D eigenvalue weighted by atomic mass is 9.63. The maximum Gasteiger partial charge on any atom is 0.415 e. The van der Waals surface area contributed by atoms with Crippen LogP contribution < -0.4 is 27.6 Å². The highest BCUT2D eigenvalue weighted by Crippen LogP contribution is 2.32. The number of benzene rings is 2. The van der Waals surface area contributed by atoms with E-state index in [1.54, 1.807) is 18.2 Å². The van der Waals surface area contributed by atoms with Gasteiger partial charge in [0.15, 0.2) is 6.10 Å². The number of alkyl halides is 3. The van der Waals surface area contributed by atoms with E-state index < -0.39 is 78.6 Å². The molecule has 2 aromatic rings. The monoisotopic (exact) mass is 453 g/mol. The summed E-state index contributed by atoms with van der Waals surface area (Å²) in [6.07, 6.45) is -6.80. The number of halogens is 3. The predicted molar refractivity (Wildman–Crippen MR) is 113 cm³/mol. The van der Waals surface area contributed by atoms with Crippen molar-refractivity contribution in [2.24, 2.45) is 5.73 Å². The third kappa shape index (κ3) is 4.41. The first-order chi connectivity index (χ1) is 14.7. The smallest absolute Gasteiger partial charge is 0.415 e. The van der Waals surface area contributed by atoms with Crippen LogP contribution in [0.15, 0.2) is 42.0 Å². The van der Waals surface area contributed by atoms with Crippen LogP contribution in [-0.4, -0.2) is 45.6 Å². The molecule has 2 N–H and O–H groups in total. The Labute approximate surface area is 187 Å². The fourth-order valence-electron chi connectivity index (χ4n) is 3.12. The number of nitrogens with two attached hydrogens (primary N) is 1. The molecule has 0 aliphatic carbocycles. The highest BCUT2D eigenvalue weighted by molar-refractivity contribution is 7.86. The van der Waals surface area contributed by atoms with Crippen molar-refractivity contribution >= 4 is 69.1 Å². The Morgan fingerprint density at radius 2 is 1.53 bits per heavy atom. The van der Waals surface area contributed by atoms with Crippen molar-refractivity contribution in [3.05, 3.63) is 58.7 Å². The Hall–Kier alpha value is -2.75. The maximum atomic E-state index is 13.3. The molecule has 0 amide bonds. The summed E-state index contributed by atoms with van der Waals surface area (Å²) in [7, 11) is 18.0. The summed E-state index contributed by atoms with van der Waals surface area (Å²) in [5.74, 6) is -3.34. The Morgan fingerprint density at radius 1 is 1.00 bits per heavy atom.